The van der Waals surface area contributed by atoms with Gasteiger partial charge in [0.15, 0.2) is 0 Å². The maximum Gasteiger partial charge on any atom is 0.280 e. The summed E-state index contributed by atoms with van der Waals surface area (Å²) in [6.07, 6.45) is 0. The third-order valence-electron chi connectivity index (χ3n) is 5.46. The minimum absolute atomic E-state index is 0.0105. The molecule has 0 atom stereocenters. The Kier molecular flexibility index (Phi) is 5.10. The summed E-state index contributed by atoms with van der Waals surface area (Å²) in [6.45, 7) is 3.93. The molecule has 5 aromatic rings. The van der Waals surface area contributed by atoms with Gasteiger partial charge in [-0.2, -0.15) is 10.1 Å². The van der Waals surface area contributed by atoms with Crippen LogP contribution in [0.2, 0.25) is 0 Å². The van der Waals surface area contributed by atoms with Crippen LogP contribution in [0, 0.1) is 13.8 Å². The van der Waals surface area contributed by atoms with E-state index in [1.54, 1.807) is 4.52 Å². The third-order valence-corrected chi connectivity index (χ3v) is 6.50. The Hall–Kier alpha value is -4.11. The number of hydrogen-bond donors (Lipinski definition) is 1. The molecule has 0 saturated heterocycles. The number of nitrogens with one attached hydrogen (secondary N) is 1. The predicted molar refractivity (Wildman–Crippen MR) is 129 cm³/mol. The molecule has 0 spiro atoms. The minimum Gasteiger partial charge on any atom is -0.289 e. The fraction of sp³-hybridized carbons (Fsp3) is 0.125. The predicted octanol–water partition coefficient (Wildman–Crippen LogP) is 4.09. The Morgan fingerprint density at radius 3 is 2.21 bits per heavy atom. The summed E-state index contributed by atoms with van der Waals surface area (Å²) >= 11 is 1.49. The lowest BCUT2D eigenvalue weighted by Gasteiger charge is -2.15. The van der Waals surface area contributed by atoms with E-state index in [4.69, 9.17) is 0 Å². The highest BCUT2D eigenvalue weighted by Gasteiger charge is 2.25. The van der Waals surface area contributed by atoms with Gasteiger partial charge < -0.3 is 0 Å². The number of nitrogens with zero attached hydrogens (tertiary/aromatic N) is 5. The van der Waals surface area contributed by atoms with Crippen LogP contribution in [0.1, 0.15) is 20.9 Å². The van der Waals surface area contributed by atoms with Crippen LogP contribution in [-0.2, 0) is 7.05 Å². The molecule has 0 aliphatic heterocycles. The van der Waals surface area contributed by atoms with E-state index in [0.717, 1.165) is 21.7 Å². The molecule has 0 aliphatic rings. The zero-order valence-electron chi connectivity index (χ0n) is 18.2. The first kappa shape index (κ1) is 20.8. The van der Waals surface area contributed by atoms with Crippen molar-refractivity contribution in [3.05, 3.63) is 87.2 Å². The van der Waals surface area contributed by atoms with Crippen LogP contribution in [-0.4, -0.2) is 30.3 Å². The number of carbonyl (C=O) groups excluding carboxylic acids is 1. The van der Waals surface area contributed by atoms with Crippen LogP contribution in [0.5, 0.6) is 0 Å². The van der Waals surface area contributed by atoms with E-state index in [0.29, 0.717) is 16.2 Å². The molecule has 9 heteroatoms. The Morgan fingerprint density at radius 2 is 1.58 bits per heavy atom. The highest BCUT2D eigenvalue weighted by atomic mass is 32.1. The molecule has 0 fully saturated rings. The first-order chi connectivity index (χ1) is 15.9. The quantitative estimate of drug-likeness (QED) is 0.440. The van der Waals surface area contributed by atoms with E-state index < -0.39 is 11.5 Å². The molecule has 0 unspecified atom stereocenters. The number of fused-ring (bicyclic) bond motifs is 1. The van der Waals surface area contributed by atoms with Crippen molar-refractivity contribution in [1.29, 1.82) is 0 Å². The van der Waals surface area contributed by atoms with Crippen molar-refractivity contribution in [2.45, 2.75) is 13.8 Å². The first-order valence-corrected chi connectivity index (χ1v) is 11.1. The smallest absolute Gasteiger partial charge is 0.280 e. The summed E-state index contributed by atoms with van der Waals surface area (Å²) in [7, 11) is 1.54. The van der Waals surface area contributed by atoms with Crippen LogP contribution in [0.25, 0.3) is 27.3 Å². The fourth-order valence-electron chi connectivity index (χ4n) is 3.69. The van der Waals surface area contributed by atoms with Crippen LogP contribution in [0.4, 0.5) is 5.95 Å². The van der Waals surface area contributed by atoms with Crippen molar-refractivity contribution in [3.63, 3.8) is 0 Å². The molecular formula is C24H20N6O2S. The second-order valence-electron chi connectivity index (χ2n) is 7.59. The molecule has 2 aromatic carbocycles. The van der Waals surface area contributed by atoms with Crippen LogP contribution >= 0.6 is 11.3 Å². The van der Waals surface area contributed by atoms with Crippen molar-refractivity contribution in [1.82, 2.24) is 24.4 Å². The molecular weight excluding hydrogens is 436 g/mol. The third kappa shape index (κ3) is 3.62. The van der Waals surface area contributed by atoms with Crippen molar-refractivity contribution in [2.75, 3.05) is 5.32 Å². The van der Waals surface area contributed by atoms with E-state index in [1.165, 1.54) is 23.1 Å². The molecule has 1 amide bonds. The molecule has 0 bridgehead atoms. The highest BCUT2D eigenvalue weighted by molar-refractivity contribution is 7.17. The normalized spacial score (nSPS) is 11.1. The molecule has 5 rings (SSSR count). The van der Waals surface area contributed by atoms with Gasteiger partial charge in [0.1, 0.15) is 5.56 Å². The van der Waals surface area contributed by atoms with Gasteiger partial charge in [0.25, 0.3) is 17.4 Å². The molecule has 0 saturated carbocycles. The monoisotopic (exact) mass is 456 g/mol. The number of rotatable bonds is 4. The summed E-state index contributed by atoms with van der Waals surface area (Å²) in [5.74, 6) is -0.435. The van der Waals surface area contributed by atoms with E-state index in [1.807, 2.05) is 74.5 Å². The van der Waals surface area contributed by atoms with E-state index in [-0.39, 0.29) is 11.5 Å². The number of amides is 1. The maximum absolute atomic E-state index is 13.5. The second kappa shape index (κ2) is 8.10. The van der Waals surface area contributed by atoms with Gasteiger partial charge in [-0.05, 0) is 19.4 Å². The van der Waals surface area contributed by atoms with Crippen molar-refractivity contribution in [2.24, 2.45) is 7.05 Å². The molecule has 0 aliphatic carbocycles. The summed E-state index contributed by atoms with van der Waals surface area (Å²) in [6, 6.07) is 18.8. The van der Waals surface area contributed by atoms with Gasteiger partial charge in [-0.1, -0.05) is 72.0 Å². The number of carbonyl (C=O) groups is 1. The topological polar surface area (TPSA) is 94.2 Å². The van der Waals surface area contributed by atoms with E-state index in [2.05, 4.69) is 20.5 Å². The van der Waals surface area contributed by atoms with Gasteiger partial charge in [0.05, 0.1) is 11.4 Å². The van der Waals surface area contributed by atoms with Gasteiger partial charge >= 0.3 is 0 Å². The van der Waals surface area contributed by atoms with Gasteiger partial charge in [-0.15, -0.1) is 5.10 Å². The average molecular weight is 457 g/mol. The van der Waals surface area contributed by atoms with Crippen molar-refractivity contribution in [3.8, 4) is 22.4 Å². The maximum atomic E-state index is 13.5. The number of aryl methyl sites for hydroxylation is 3. The van der Waals surface area contributed by atoms with Gasteiger partial charge in [0, 0.05) is 23.1 Å². The van der Waals surface area contributed by atoms with E-state index in [9.17, 15) is 9.59 Å². The number of anilines is 1. The fourth-order valence-corrected chi connectivity index (χ4v) is 4.59. The number of hydrogen-bond acceptors (Lipinski definition) is 6. The van der Waals surface area contributed by atoms with Crippen molar-refractivity contribution < 1.29 is 4.79 Å². The lowest BCUT2D eigenvalue weighted by Crippen LogP contribution is -2.31. The molecule has 3 aromatic heterocycles. The molecule has 33 heavy (non-hydrogen) atoms. The van der Waals surface area contributed by atoms with Gasteiger partial charge in [-0.25, -0.2) is 9.20 Å². The van der Waals surface area contributed by atoms with Crippen LogP contribution in [0.3, 0.4) is 0 Å². The number of benzene rings is 2. The summed E-state index contributed by atoms with van der Waals surface area (Å²) in [4.78, 5) is 32.9. The molecule has 1 N–H and O–H groups in total. The Morgan fingerprint density at radius 1 is 0.939 bits per heavy atom. The second-order valence-corrected chi connectivity index (χ2v) is 8.77. The average Bonchev–Trinajstić information content (AvgIpc) is 3.33. The van der Waals surface area contributed by atoms with Crippen LogP contribution in [0.15, 0.2) is 65.5 Å². The molecule has 0 radical (unpaired) electrons. The largest absolute Gasteiger partial charge is 0.289 e. The zero-order valence-corrected chi connectivity index (χ0v) is 19.1. The Balaban J connectivity index is 1.69. The summed E-state index contributed by atoms with van der Waals surface area (Å²) in [5.41, 5.74) is 2.97. The minimum atomic E-state index is -0.582. The number of aromatic nitrogens is 5. The Labute approximate surface area is 193 Å². The standard InChI is InChI=1S/C24H20N6O2S/c1-14-15(2)33-24-26-23(28-30(14)24)25-21(31)19-18(16-10-6-4-7-11-16)20(27-29(3)22(19)32)17-12-8-5-9-13-17/h4-13H,1-3H3,(H,25,28,31). The van der Waals surface area contributed by atoms with E-state index >= 15 is 0 Å². The zero-order chi connectivity index (χ0) is 23.1. The van der Waals surface area contributed by atoms with Gasteiger partial charge in [-0.3, -0.25) is 14.9 Å². The lowest BCUT2D eigenvalue weighted by atomic mass is 9.95. The molecule has 164 valence electrons. The SMILES string of the molecule is Cc1sc2nc(NC(=O)c3c(-c4ccccc4)c(-c4ccccc4)nn(C)c3=O)nn2c1C. The lowest BCUT2D eigenvalue weighted by molar-refractivity contribution is 0.102. The molecule has 8 nitrogen and oxygen atoms in total. The van der Waals surface area contributed by atoms with Crippen LogP contribution < -0.4 is 10.9 Å². The Bertz CT molecular complexity index is 1550. The summed E-state index contributed by atoms with van der Waals surface area (Å²) in [5, 5.41) is 11.6. The van der Waals surface area contributed by atoms with Crippen molar-refractivity contribution >= 4 is 28.2 Å². The highest BCUT2D eigenvalue weighted by Crippen LogP contribution is 2.32. The summed E-state index contributed by atoms with van der Waals surface area (Å²) < 4.78 is 2.88. The molecule has 3 heterocycles. The first-order valence-electron chi connectivity index (χ1n) is 10.3. The van der Waals surface area contributed by atoms with Gasteiger partial charge in [0.2, 0.25) is 4.96 Å². The number of thiazole rings is 1.